The third kappa shape index (κ3) is 4.08. The quantitative estimate of drug-likeness (QED) is 0.822. The molecular formula is C17H21NO3S. The zero-order valence-electron chi connectivity index (χ0n) is 13.1. The van der Waals surface area contributed by atoms with Crippen molar-refractivity contribution in [3.63, 3.8) is 0 Å². The molecule has 22 heavy (non-hydrogen) atoms. The van der Waals surface area contributed by atoms with E-state index in [2.05, 4.69) is 0 Å². The Morgan fingerprint density at radius 3 is 1.95 bits per heavy atom. The number of hydrogen-bond acceptors (Lipinski definition) is 3. The highest BCUT2D eigenvalue weighted by molar-refractivity contribution is 7.89. The number of nitrogens with zero attached hydrogens (tertiary/aromatic N) is 1. The van der Waals surface area contributed by atoms with Crippen molar-refractivity contribution in [2.75, 3.05) is 20.2 Å². The fourth-order valence-corrected chi connectivity index (χ4v) is 3.09. The van der Waals surface area contributed by atoms with E-state index >= 15 is 0 Å². The Morgan fingerprint density at radius 2 is 1.41 bits per heavy atom. The Morgan fingerprint density at radius 1 is 0.909 bits per heavy atom. The first-order valence-corrected chi connectivity index (χ1v) is 8.56. The molecule has 4 nitrogen and oxygen atoms in total. The first-order chi connectivity index (χ1) is 10.4. The van der Waals surface area contributed by atoms with Gasteiger partial charge < -0.3 is 4.74 Å². The summed E-state index contributed by atoms with van der Waals surface area (Å²) < 4.78 is 31.7. The number of hydrogen-bond donors (Lipinski definition) is 0. The van der Waals surface area contributed by atoms with Crippen molar-refractivity contribution in [3.8, 4) is 5.75 Å². The average molecular weight is 319 g/mol. The van der Waals surface area contributed by atoms with Gasteiger partial charge in [0.25, 0.3) is 0 Å². The summed E-state index contributed by atoms with van der Waals surface area (Å²) in [5.41, 5.74) is 2.19. The molecule has 0 saturated carbocycles. The lowest BCUT2D eigenvalue weighted by molar-refractivity contribution is 0.287. The fourth-order valence-electron chi connectivity index (χ4n) is 1.94. The maximum atomic E-state index is 12.4. The lowest BCUT2D eigenvalue weighted by atomic mass is 10.2. The monoisotopic (exact) mass is 319 g/mol. The lowest BCUT2D eigenvalue weighted by Crippen LogP contribution is -2.31. The lowest BCUT2D eigenvalue weighted by Gasteiger charge is -2.17. The molecule has 0 aliphatic carbocycles. The fraction of sp³-hybridized carbons (Fsp3) is 0.294. The second-order valence-corrected chi connectivity index (χ2v) is 7.35. The first kappa shape index (κ1) is 16.5. The number of aryl methyl sites for hydroxylation is 2. The second kappa shape index (κ2) is 6.94. The molecule has 0 amide bonds. The highest BCUT2D eigenvalue weighted by Crippen LogP contribution is 2.15. The van der Waals surface area contributed by atoms with Crippen LogP contribution in [0.15, 0.2) is 53.4 Å². The molecule has 0 fully saturated rings. The summed E-state index contributed by atoms with van der Waals surface area (Å²) in [5, 5.41) is 0. The van der Waals surface area contributed by atoms with Crippen molar-refractivity contribution in [1.29, 1.82) is 0 Å². The Kier molecular flexibility index (Phi) is 5.21. The zero-order chi connectivity index (χ0) is 16.2. The maximum Gasteiger partial charge on any atom is 0.242 e. The smallest absolute Gasteiger partial charge is 0.242 e. The van der Waals surface area contributed by atoms with Crippen molar-refractivity contribution < 1.29 is 13.2 Å². The third-order valence-electron chi connectivity index (χ3n) is 3.43. The topological polar surface area (TPSA) is 46.6 Å². The van der Waals surface area contributed by atoms with Crippen molar-refractivity contribution in [2.24, 2.45) is 0 Å². The van der Waals surface area contributed by atoms with E-state index in [1.165, 1.54) is 4.31 Å². The summed E-state index contributed by atoms with van der Waals surface area (Å²) in [5.74, 6) is 0.742. The van der Waals surface area contributed by atoms with Crippen LogP contribution in [0.2, 0.25) is 0 Å². The number of benzene rings is 2. The Labute approximate surface area is 132 Å². The van der Waals surface area contributed by atoms with Crippen LogP contribution in [0.1, 0.15) is 11.1 Å². The van der Waals surface area contributed by atoms with Crippen molar-refractivity contribution in [2.45, 2.75) is 18.7 Å². The van der Waals surface area contributed by atoms with Crippen LogP contribution < -0.4 is 4.74 Å². The number of likely N-dealkylation sites (N-methyl/N-ethyl adjacent to an activating group) is 1. The molecule has 0 unspecified atom stereocenters. The summed E-state index contributed by atoms with van der Waals surface area (Å²) in [6.45, 7) is 4.54. The molecule has 0 saturated heterocycles. The van der Waals surface area contributed by atoms with E-state index in [1.807, 2.05) is 38.1 Å². The molecule has 2 aromatic carbocycles. The Hall–Kier alpha value is -1.85. The van der Waals surface area contributed by atoms with E-state index in [0.717, 1.165) is 16.9 Å². The van der Waals surface area contributed by atoms with Crippen molar-refractivity contribution in [1.82, 2.24) is 4.31 Å². The molecule has 0 aliphatic heterocycles. The highest BCUT2D eigenvalue weighted by Gasteiger charge is 2.20. The van der Waals surface area contributed by atoms with E-state index in [-0.39, 0.29) is 0 Å². The van der Waals surface area contributed by atoms with E-state index < -0.39 is 10.0 Å². The van der Waals surface area contributed by atoms with Gasteiger partial charge in [0, 0.05) is 13.6 Å². The predicted molar refractivity (Wildman–Crippen MR) is 87.7 cm³/mol. The minimum Gasteiger partial charge on any atom is -0.492 e. The minimum absolute atomic E-state index is 0.296. The molecule has 2 rings (SSSR count). The summed E-state index contributed by atoms with van der Waals surface area (Å²) in [6.07, 6.45) is 0. The van der Waals surface area contributed by atoms with Crippen LogP contribution in [0.25, 0.3) is 0 Å². The van der Waals surface area contributed by atoms with Gasteiger partial charge in [-0.3, -0.25) is 0 Å². The molecule has 0 spiro atoms. The summed E-state index contributed by atoms with van der Waals surface area (Å²) >= 11 is 0. The van der Waals surface area contributed by atoms with Crippen LogP contribution in [0.5, 0.6) is 5.75 Å². The Balaban J connectivity index is 1.94. The van der Waals surface area contributed by atoms with Gasteiger partial charge in [-0.2, -0.15) is 4.31 Å². The van der Waals surface area contributed by atoms with Crippen LogP contribution in [0.3, 0.4) is 0 Å². The van der Waals surface area contributed by atoms with Gasteiger partial charge in [-0.05, 0) is 38.1 Å². The van der Waals surface area contributed by atoms with Crippen LogP contribution in [0.4, 0.5) is 0 Å². The average Bonchev–Trinajstić information content (AvgIpc) is 2.49. The molecule has 0 N–H and O–H groups in total. The molecule has 118 valence electrons. The predicted octanol–water partition coefficient (Wildman–Crippen LogP) is 3.00. The number of sulfonamides is 1. The van der Waals surface area contributed by atoms with Gasteiger partial charge >= 0.3 is 0 Å². The molecule has 0 heterocycles. The maximum absolute atomic E-state index is 12.4. The second-order valence-electron chi connectivity index (χ2n) is 5.30. The first-order valence-electron chi connectivity index (χ1n) is 7.12. The summed E-state index contributed by atoms with van der Waals surface area (Å²) in [6, 6.07) is 14.5. The zero-order valence-corrected chi connectivity index (χ0v) is 13.9. The molecular weight excluding hydrogens is 298 g/mol. The summed E-state index contributed by atoms with van der Waals surface area (Å²) in [4.78, 5) is 0.302. The number of rotatable bonds is 6. The molecule has 0 bridgehead atoms. The molecule has 0 radical (unpaired) electrons. The van der Waals surface area contributed by atoms with Gasteiger partial charge in [-0.25, -0.2) is 8.42 Å². The molecule has 5 heteroatoms. The number of ether oxygens (including phenoxy) is 1. The van der Waals surface area contributed by atoms with Gasteiger partial charge in [0.15, 0.2) is 0 Å². The van der Waals surface area contributed by atoms with Crippen LogP contribution in [0, 0.1) is 13.8 Å². The van der Waals surface area contributed by atoms with E-state index in [1.54, 1.807) is 31.3 Å². The van der Waals surface area contributed by atoms with Crippen LogP contribution >= 0.6 is 0 Å². The normalized spacial score (nSPS) is 11.6. The highest BCUT2D eigenvalue weighted by atomic mass is 32.2. The van der Waals surface area contributed by atoms with Gasteiger partial charge in [0.2, 0.25) is 10.0 Å². The molecule has 0 atom stereocenters. The third-order valence-corrected chi connectivity index (χ3v) is 5.30. The van der Waals surface area contributed by atoms with Gasteiger partial charge in [0.1, 0.15) is 12.4 Å². The van der Waals surface area contributed by atoms with Crippen LogP contribution in [-0.2, 0) is 10.0 Å². The summed E-state index contributed by atoms with van der Waals surface area (Å²) in [7, 11) is -1.90. The largest absolute Gasteiger partial charge is 0.492 e. The standard InChI is InChI=1S/C17H21NO3S/c1-14-4-8-16(9-5-14)21-13-12-18(3)22(19,20)17-10-6-15(2)7-11-17/h4-11H,12-13H2,1-3H3. The minimum atomic E-state index is -3.46. The molecule has 0 aromatic heterocycles. The molecule has 2 aromatic rings. The molecule has 0 aliphatic rings. The van der Waals surface area contributed by atoms with E-state index in [0.29, 0.717) is 18.0 Å². The van der Waals surface area contributed by atoms with Gasteiger partial charge in [-0.15, -0.1) is 0 Å². The Bertz CT molecular complexity index is 707. The van der Waals surface area contributed by atoms with Crippen molar-refractivity contribution in [3.05, 3.63) is 59.7 Å². The van der Waals surface area contributed by atoms with E-state index in [4.69, 9.17) is 4.74 Å². The van der Waals surface area contributed by atoms with Crippen molar-refractivity contribution >= 4 is 10.0 Å². The SMILES string of the molecule is Cc1ccc(OCCN(C)S(=O)(=O)c2ccc(C)cc2)cc1. The van der Waals surface area contributed by atoms with Crippen LogP contribution in [-0.4, -0.2) is 32.9 Å². The van der Waals surface area contributed by atoms with E-state index in [9.17, 15) is 8.42 Å². The van der Waals surface area contributed by atoms with Gasteiger partial charge in [-0.1, -0.05) is 35.4 Å². The van der Waals surface area contributed by atoms with Gasteiger partial charge in [0.05, 0.1) is 4.90 Å².